The van der Waals surface area contributed by atoms with Crippen LogP contribution in [0.25, 0.3) is 0 Å². The highest BCUT2D eigenvalue weighted by Gasteiger charge is 2.38. The van der Waals surface area contributed by atoms with Crippen LogP contribution in [-0.4, -0.2) is 53.5 Å². The summed E-state index contributed by atoms with van der Waals surface area (Å²) in [4.78, 5) is 25.7. The third-order valence-electron chi connectivity index (χ3n) is 6.00. The van der Waals surface area contributed by atoms with E-state index in [0.717, 1.165) is 55.0 Å². The molecule has 4 heterocycles. The maximum atomic E-state index is 11.8. The van der Waals surface area contributed by atoms with Crippen molar-refractivity contribution in [3.05, 3.63) is 35.1 Å². The summed E-state index contributed by atoms with van der Waals surface area (Å²) in [5.41, 5.74) is 4.23. The molecule has 7 heteroatoms. The molecular formula is C21H29N5OS. The Morgan fingerprint density at radius 2 is 2.11 bits per heavy atom. The second-order valence-electron chi connectivity index (χ2n) is 7.98. The highest BCUT2D eigenvalue weighted by molar-refractivity contribution is 7.14. The number of thiazole rings is 1. The zero-order valence-electron chi connectivity index (χ0n) is 16.7. The molecule has 2 fully saturated rings. The molecule has 0 spiro atoms. The molecule has 1 amide bonds. The van der Waals surface area contributed by atoms with E-state index < -0.39 is 0 Å². The lowest BCUT2D eigenvalue weighted by Gasteiger charge is -2.34. The van der Waals surface area contributed by atoms with Crippen molar-refractivity contribution < 1.29 is 4.79 Å². The van der Waals surface area contributed by atoms with Crippen molar-refractivity contribution in [1.29, 1.82) is 0 Å². The van der Waals surface area contributed by atoms with Crippen LogP contribution in [-0.2, 0) is 11.2 Å². The van der Waals surface area contributed by atoms with Crippen molar-refractivity contribution in [3.63, 3.8) is 0 Å². The maximum absolute atomic E-state index is 11.8. The Morgan fingerprint density at radius 1 is 1.25 bits per heavy atom. The van der Waals surface area contributed by atoms with Crippen LogP contribution in [0.4, 0.5) is 10.8 Å². The number of carbonyl (C=O) groups excluding carboxylic acids is 1. The molecule has 2 saturated heterocycles. The standard InChI is InChI=1S/C21H29N5OS/c1-3-19(27)24-21-20(23-14-28-21)26-12-17-7-9-25(11-18(17)13-26)8-6-16-5-4-15(2)22-10-16/h4-5,10,14,17-18H,3,6-9,11-13H2,1-2H3,(H,24,27). The summed E-state index contributed by atoms with van der Waals surface area (Å²) in [6.45, 7) is 9.42. The molecule has 6 nitrogen and oxygen atoms in total. The van der Waals surface area contributed by atoms with Crippen molar-refractivity contribution >= 4 is 28.1 Å². The predicted octanol–water partition coefficient (Wildman–Crippen LogP) is 3.20. The third-order valence-corrected chi connectivity index (χ3v) is 6.73. The van der Waals surface area contributed by atoms with Gasteiger partial charge in [0.2, 0.25) is 5.91 Å². The number of pyridine rings is 1. The van der Waals surface area contributed by atoms with Gasteiger partial charge in [0.1, 0.15) is 5.00 Å². The van der Waals surface area contributed by atoms with Gasteiger partial charge < -0.3 is 15.1 Å². The first-order valence-electron chi connectivity index (χ1n) is 10.2. The van der Waals surface area contributed by atoms with E-state index in [9.17, 15) is 4.79 Å². The largest absolute Gasteiger partial charge is 0.354 e. The Kier molecular flexibility index (Phi) is 5.92. The van der Waals surface area contributed by atoms with Gasteiger partial charge in [0.15, 0.2) is 5.82 Å². The van der Waals surface area contributed by atoms with E-state index in [2.05, 4.69) is 37.2 Å². The first-order chi connectivity index (χ1) is 13.6. The second kappa shape index (κ2) is 8.57. The van der Waals surface area contributed by atoms with Crippen LogP contribution in [0, 0.1) is 18.8 Å². The highest BCUT2D eigenvalue weighted by atomic mass is 32.1. The van der Waals surface area contributed by atoms with Gasteiger partial charge in [0.05, 0.1) is 5.51 Å². The quantitative estimate of drug-likeness (QED) is 0.808. The van der Waals surface area contributed by atoms with Crippen molar-refractivity contribution in [1.82, 2.24) is 14.9 Å². The molecule has 4 rings (SSSR count). The number of fused-ring (bicyclic) bond motifs is 1. The summed E-state index contributed by atoms with van der Waals surface area (Å²) in [5, 5.41) is 3.91. The maximum Gasteiger partial charge on any atom is 0.224 e. The molecule has 2 aromatic rings. The van der Waals surface area contributed by atoms with E-state index in [1.54, 1.807) is 0 Å². The Labute approximate surface area is 171 Å². The number of carbonyl (C=O) groups is 1. The minimum atomic E-state index is 0.0545. The molecule has 2 aromatic heterocycles. The number of amides is 1. The number of nitrogens with zero attached hydrogens (tertiary/aromatic N) is 4. The summed E-state index contributed by atoms with van der Waals surface area (Å²) >= 11 is 1.52. The summed E-state index contributed by atoms with van der Waals surface area (Å²) in [6.07, 6.45) is 4.81. The van der Waals surface area contributed by atoms with Crippen LogP contribution < -0.4 is 10.2 Å². The van der Waals surface area contributed by atoms with Gasteiger partial charge in [-0.25, -0.2) is 4.98 Å². The van der Waals surface area contributed by atoms with E-state index in [4.69, 9.17) is 0 Å². The number of aromatic nitrogens is 2. The Hall–Kier alpha value is -1.99. The number of rotatable bonds is 6. The Bertz CT molecular complexity index is 805. The van der Waals surface area contributed by atoms with E-state index >= 15 is 0 Å². The third kappa shape index (κ3) is 4.36. The molecule has 2 unspecified atom stereocenters. The fourth-order valence-corrected chi connectivity index (χ4v) is 5.04. The molecule has 2 atom stereocenters. The van der Waals surface area contributed by atoms with Gasteiger partial charge in [0, 0.05) is 44.5 Å². The first-order valence-corrected chi connectivity index (χ1v) is 11.1. The first kappa shape index (κ1) is 19.3. The van der Waals surface area contributed by atoms with Gasteiger partial charge in [-0.1, -0.05) is 13.0 Å². The molecule has 0 bridgehead atoms. The zero-order valence-corrected chi connectivity index (χ0v) is 17.5. The molecule has 0 aliphatic carbocycles. The molecule has 0 aromatic carbocycles. The smallest absolute Gasteiger partial charge is 0.224 e. The number of hydrogen-bond acceptors (Lipinski definition) is 6. The second-order valence-corrected chi connectivity index (χ2v) is 8.83. The Morgan fingerprint density at radius 3 is 2.89 bits per heavy atom. The molecule has 0 radical (unpaired) electrons. The van der Waals surface area contributed by atoms with Gasteiger partial charge >= 0.3 is 0 Å². The normalized spacial score (nSPS) is 22.3. The molecule has 150 valence electrons. The molecular weight excluding hydrogens is 370 g/mol. The Balaban J connectivity index is 1.33. The summed E-state index contributed by atoms with van der Waals surface area (Å²) in [7, 11) is 0. The summed E-state index contributed by atoms with van der Waals surface area (Å²) < 4.78 is 0. The zero-order chi connectivity index (χ0) is 19.5. The highest BCUT2D eigenvalue weighted by Crippen LogP contribution is 2.37. The van der Waals surface area contributed by atoms with E-state index in [1.807, 2.05) is 25.6 Å². The minimum Gasteiger partial charge on any atom is -0.354 e. The minimum absolute atomic E-state index is 0.0545. The van der Waals surface area contributed by atoms with E-state index in [1.165, 1.54) is 29.9 Å². The fraction of sp³-hybridized carbons (Fsp3) is 0.571. The molecule has 28 heavy (non-hydrogen) atoms. The lowest BCUT2D eigenvalue weighted by molar-refractivity contribution is -0.115. The average molecular weight is 400 g/mol. The van der Waals surface area contributed by atoms with Crippen LogP contribution in [0.3, 0.4) is 0 Å². The van der Waals surface area contributed by atoms with Crippen LogP contribution in [0.1, 0.15) is 31.0 Å². The lowest BCUT2D eigenvalue weighted by Crippen LogP contribution is -2.40. The van der Waals surface area contributed by atoms with Gasteiger partial charge in [-0.2, -0.15) is 0 Å². The number of aryl methyl sites for hydroxylation is 1. The van der Waals surface area contributed by atoms with Gasteiger partial charge in [0.25, 0.3) is 0 Å². The fourth-order valence-electron chi connectivity index (χ4n) is 4.32. The van der Waals surface area contributed by atoms with Gasteiger partial charge in [-0.3, -0.25) is 9.78 Å². The monoisotopic (exact) mass is 399 g/mol. The van der Waals surface area contributed by atoms with E-state index in [0.29, 0.717) is 12.3 Å². The van der Waals surface area contributed by atoms with Crippen molar-refractivity contribution in [2.75, 3.05) is 42.9 Å². The van der Waals surface area contributed by atoms with Gasteiger partial charge in [-0.05, 0) is 49.8 Å². The summed E-state index contributed by atoms with van der Waals surface area (Å²) in [5.74, 6) is 2.42. The predicted molar refractivity (Wildman–Crippen MR) is 114 cm³/mol. The number of likely N-dealkylation sites (tertiary alicyclic amines) is 1. The number of nitrogens with one attached hydrogen (secondary N) is 1. The van der Waals surface area contributed by atoms with Crippen molar-refractivity contribution in [2.45, 2.75) is 33.1 Å². The van der Waals surface area contributed by atoms with Crippen LogP contribution in [0.5, 0.6) is 0 Å². The van der Waals surface area contributed by atoms with Crippen molar-refractivity contribution in [2.24, 2.45) is 11.8 Å². The topological polar surface area (TPSA) is 61.4 Å². The number of hydrogen-bond donors (Lipinski definition) is 1. The van der Waals surface area contributed by atoms with E-state index in [-0.39, 0.29) is 5.91 Å². The van der Waals surface area contributed by atoms with Crippen LogP contribution >= 0.6 is 11.3 Å². The summed E-state index contributed by atoms with van der Waals surface area (Å²) in [6, 6.07) is 4.29. The van der Waals surface area contributed by atoms with Crippen molar-refractivity contribution in [3.8, 4) is 0 Å². The molecule has 2 aliphatic rings. The molecule has 1 N–H and O–H groups in total. The molecule has 2 aliphatic heterocycles. The van der Waals surface area contributed by atoms with Gasteiger partial charge in [-0.15, -0.1) is 11.3 Å². The molecule has 0 saturated carbocycles. The van der Waals surface area contributed by atoms with Crippen LogP contribution in [0.15, 0.2) is 23.8 Å². The number of piperidine rings is 1. The lowest BCUT2D eigenvalue weighted by atomic mass is 9.88. The average Bonchev–Trinajstić information content (AvgIpc) is 3.33. The van der Waals surface area contributed by atoms with Crippen LogP contribution in [0.2, 0.25) is 0 Å². The number of anilines is 2. The SMILES string of the molecule is CCC(=O)Nc1scnc1N1CC2CCN(CCc3ccc(C)nc3)CC2C1.